The summed E-state index contributed by atoms with van der Waals surface area (Å²) >= 11 is 0. The quantitative estimate of drug-likeness (QED) is 0.175. The van der Waals surface area contributed by atoms with Gasteiger partial charge in [0.2, 0.25) is 0 Å². The first-order valence-corrected chi connectivity index (χ1v) is 17.4. The molecule has 0 saturated heterocycles. The summed E-state index contributed by atoms with van der Waals surface area (Å²) in [6, 6.07) is 63.1. The fourth-order valence-corrected chi connectivity index (χ4v) is 9.67. The highest BCUT2D eigenvalue weighted by Crippen LogP contribution is 2.65. The first-order valence-electron chi connectivity index (χ1n) is 17.4. The molecule has 1 nitrogen and oxygen atoms in total. The largest absolute Gasteiger partial charge is 0.456 e. The van der Waals surface area contributed by atoms with Gasteiger partial charge in [-0.3, -0.25) is 0 Å². The van der Waals surface area contributed by atoms with Gasteiger partial charge in [0.25, 0.3) is 0 Å². The van der Waals surface area contributed by atoms with Crippen LogP contribution in [0.5, 0.6) is 11.5 Å². The lowest BCUT2D eigenvalue weighted by Crippen LogP contribution is -2.26. The van der Waals surface area contributed by atoms with Crippen LogP contribution >= 0.6 is 0 Å². The molecule has 0 saturated carbocycles. The standard InChI is InChI=1S/C49H28O/c1-3-13-34-29(9-1)19-24-39-40-25-20-30-10-2-4-14-35(30)48(40)49(47(34)39)42-17-6-5-15-36(42)37-23-21-33(28-43(37)49)32-22-26-44-41(27-32)38-16-7-11-31-12-8-18-45(50-44)46(31)38/h1-28H. The number of rotatable bonds is 1. The lowest BCUT2D eigenvalue weighted by molar-refractivity contribution is 0.487. The van der Waals surface area contributed by atoms with E-state index in [0.29, 0.717) is 0 Å². The molecular formula is C49H28O. The van der Waals surface area contributed by atoms with Crippen molar-refractivity contribution in [1.82, 2.24) is 0 Å². The number of hydrogen-bond donors (Lipinski definition) is 0. The van der Waals surface area contributed by atoms with Crippen LogP contribution in [0.2, 0.25) is 0 Å². The first kappa shape index (κ1) is 26.5. The van der Waals surface area contributed by atoms with Gasteiger partial charge >= 0.3 is 0 Å². The predicted octanol–water partition coefficient (Wildman–Crippen LogP) is 12.9. The van der Waals surface area contributed by atoms with Crippen molar-refractivity contribution in [3.63, 3.8) is 0 Å². The zero-order valence-electron chi connectivity index (χ0n) is 27.1. The highest BCUT2D eigenvalue weighted by Gasteiger charge is 2.53. The van der Waals surface area contributed by atoms with Crippen molar-refractivity contribution in [3.8, 4) is 56.0 Å². The van der Waals surface area contributed by atoms with Crippen LogP contribution in [0, 0.1) is 0 Å². The maximum atomic E-state index is 6.49. The normalized spacial score (nSPS) is 13.9. The Morgan fingerprint density at radius 2 is 0.920 bits per heavy atom. The Morgan fingerprint density at radius 3 is 1.70 bits per heavy atom. The van der Waals surface area contributed by atoms with E-state index in [4.69, 9.17) is 4.74 Å². The monoisotopic (exact) mass is 632 g/mol. The van der Waals surface area contributed by atoms with E-state index in [9.17, 15) is 0 Å². The maximum absolute atomic E-state index is 6.49. The second kappa shape index (κ2) is 9.37. The highest BCUT2D eigenvalue weighted by molar-refractivity contribution is 6.09. The summed E-state index contributed by atoms with van der Waals surface area (Å²) in [5.74, 6) is 1.83. The van der Waals surface area contributed by atoms with Gasteiger partial charge < -0.3 is 4.74 Å². The third-order valence-electron chi connectivity index (χ3n) is 11.6. The molecule has 3 aliphatic rings. The molecule has 50 heavy (non-hydrogen) atoms. The third-order valence-corrected chi connectivity index (χ3v) is 11.6. The van der Waals surface area contributed by atoms with Crippen LogP contribution in [0.1, 0.15) is 22.3 Å². The van der Waals surface area contributed by atoms with Crippen molar-refractivity contribution < 1.29 is 4.74 Å². The number of benzene rings is 9. The van der Waals surface area contributed by atoms with Gasteiger partial charge in [0, 0.05) is 10.9 Å². The molecule has 230 valence electrons. The van der Waals surface area contributed by atoms with Crippen molar-refractivity contribution in [2.45, 2.75) is 5.41 Å². The average Bonchev–Trinajstić information content (AvgIpc) is 3.65. The van der Waals surface area contributed by atoms with E-state index in [0.717, 1.165) is 17.1 Å². The van der Waals surface area contributed by atoms with E-state index in [-0.39, 0.29) is 0 Å². The van der Waals surface area contributed by atoms with Gasteiger partial charge in [-0.15, -0.1) is 0 Å². The second-order valence-corrected chi connectivity index (χ2v) is 13.9. The lowest BCUT2D eigenvalue weighted by atomic mass is 9.68. The molecule has 0 aromatic heterocycles. The van der Waals surface area contributed by atoms with Gasteiger partial charge in [0.1, 0.15) is 11.5 Å². The van der Waals surface area contributed by atoms with Gasteiger partial charge in [-0.05, 0) is 112 Å². The molecule has 0 fully saturated rings. The molecule has 9 aromatic carbocycles. The van der Waals surface area contributed by atoms with Crippen LogP contribution in [-0.2, 0) is 5.41 Å². The molecule has 0 N–H and O–H groups in total. The van der Waals surface area contributed by atoms with Gasteiger partial charge in [-0.2, -0.15) is 0 Å². The molecule has 0 radical (unpaired) electrons. The summed E-state index contributed by atoms with van der Waals surface area (Å²) < 4.78 is 6.49. The van der Waals surface area contributed by atoms with Crippen molar-refractivity contribution in [1.29, 1.82) is 0 Å². The maximum Gasteiger partial charge on any atom is 0.135 e. The summed E-state index contributed by atoms with van der Waals surface area (Å²) in [6.07, 6.45) is 0. The molecule has 1 heterocycles. The zero-order chi connectivity index (χ0) is 32.6. The fourth-order valence-electron chi connectivity index (χ4n) is 9.67. The van der Waals surface area contributed by atoms with Crippen molar-refractivity contribution in [2.24, 2.45) is 0 Å². The van der Waals surface area contributed by atoms with Crippen LogP contribution in [0.4, 0.5) is 0 Å². The Bertz CT molecular complexity index is 2870. The smallest absolute Gasteiger partial charge is 0.135 e. The van der Waals surface area contributed by atoms with E-state index < -0.39 is 5.41 Å². The minimum absolute atomic E-state index is 0.476. The SMILES string of the molecule is c1ccc2c(c1)-c1ccc(-c3ccc4c(c3)-c3cccc5cccc(c35)O4)cc1C21c2c(ccc3ccccc23)-c2ccc3ccccc3c21. The number of hydrogen-bond acceptors (Lipinski definition) is 1. The minimum Gasteiger partial charge on any atom is -0.456 e. The Morgan fingerprint density at radius 1 is 0.340 bits per heavy atom. The van der Waals surface area contributed by atoms with Crippen molar-refractivity contribution >= 4 is 32.3 Å². The van der Waals surface area contributed by atoms with Crippen LogP contribution in [0.3, 0.4) is 0 Å². The molecule has 2 aliphatic carbocycles. The summed E-state index contributed by atoms with van der Waals surface area (Å²) in [7, 11) is 0. The number of fused-ring (bicyclic) bond motifs is 16. The van der Waals surface area contributed by atoms with E-state index in [1.54, 1.807) is 0 Å². The van der Waals surface area contributed by atoms with Gasteiger partial charge in [0.05, 0.1) is 5.41 Å². The predicted molar refractivity (Wildman–Crippen MR) is 206 cm³/mol. The van der Waals surface area contributed by atoms with Gasteiger partial charge in [-0.1, -0.05) is 146 Å². The van der Waals surface area contributed by atoms with E-state index in [1.165, 1.54) is 93.5 Å². The fraction of sp³-hybridized carbons (Fsp3) is 0.0204. The lowest BCUT2D eigenvalue weighted by Gasteiger charge is -2.32. The van der Waals surface area contributed by atoms with Gasteiger partial charge in [0.15, 0.2) is 0 Å². The van der Waals surface area contributed by atoms with Crippen molar-refractivity contribution in [3.05, 3.63) is 192 Å². The van der Waals surface area contributed by atoms with Crippen molar-refractivity contribution in [2.75, 3.05) is 0 Å². The molecule has 0 unspecified atom stereocenters. The Kier molecular flexibility index (Phi) is 4.97. The summed E-state index contributed by atoms with van der Waals surface area (Å²) in [5, 5.41) is 7.56. The Hall–Kier alpha value is -6.44. The Labute approximate surface area is 289 Å². The van der Waals surface area contributed by atoms with Crippen LogP contribution in [0.25, 0.3) is 76.8 Å². The number of ether oxygens (including phenoxy) is 1. The summed E-state index contributed by atoms with van der Waals surface area (Å²) in [4.78, 5) is 0. The molecule has 0 amide bonds. The van der Waals surface area contributed by atoms with Crippen LogP contribution in [-0.4, -0.2) is 0 Å². The molecule has 0 bridgehead atoms. The van der Waals surface area contributed by atoms with E-state index in [1.807, 2.05) is 0 Å². The summed E-state index contributed by atoms with van der Waals surface area (Å²) in [6.45, 7) is 0. The minimum atomic E-state index is -0.476. The molecule has 1 heteroatoms. The van der Waals surface area contributed by atoms with E-state index >= 15 is 0 Å². The molecule has 9 aromatic rings. The average molecular weight is 633 g/mol. The first-order chi connectivity index (χ1) is 24.8. The topological polar surface area (TPSA) is 9.23 Å². The molecule has 0 atom stereocenters. The molecule has 12 rings (SSSR count). The highest BCUT2D eigenvalue weighted by atomic mass is 16.5. The second-order valence-electron chi connectivity index (χ2n) is 13.9. The van der Waals surface area contributed by atoms with Crippen LogP contribution < -0.4 is 4.74 Å². The molecule has 1 spiro atoms. The zero-order valence-corrected chi connectivity index (χ0v) is 27.1. The molecule has 1 aliphatic heterocycles. The summed E-state index contributed by atoms with van der Waals surface area (Å²) in [5.41, 5.74) is 15.1. The van der Waals surface area contributed by atoms with Crippen LogP contribution in [0.15, 0.2) is 170 Å². The molecular weight excluding hydrogens is 605 g/mol. The third kappa shape index (κ3) is 3.18. The van der Waals surface area contributed by atoms with E-state index in [2.05, 4.69) is 170 Å². The van der Waals surface area contributed by atoms with Gasteiger partial charge in [-0.25, -0.2) is 0 Å². The Balaban J connectivity index is 1.18.